The molecular formula is C24H29FN4. The molecule has 0 bridgehead atoms. The van der Waals surface area contributed by atoms with Crippen LogP contribution in [-0.4, -0.2) is 21.1 Å². The smallest absolute Gasteiger partial charge is 0.224 e. The number of nitrogens with zero attached hydrogens (tertiary/aromatic N) is 3. The van der Waals surface area contributed by atoms with Gasteiger partial charge in [-0.2, -0.15) is 4.98 Å². The SMILES string of the molecule is C[C@H]1CC[C@H](n2cc(-c3ccc(F)cc3)c3cnc(NCCC4CC4)nc32)CC1. The van der Waals surface area contributed by atoms with E-state index in [1.165, 1.54) is 57.1 Å². The number of hydrogen-bond acceptors (Lipinski definition) is 3. The van der Waals surface area contributed by atoms with E-state index in [1.807, 2.05) is 18.3 Å². The molecule has 2 aromatic heterocycles. The first kappa shape index (κ1) is 18.6. The van der Waals surface area contributed by atoms with Gasteiger partial charge in [0.1, 0.15) is 11.5 Å². The van der Waals surface area contributed by atoms with Crippen molar-refractivity contribution in [3.05, 3.63) is 42.5 Å². The van der Waals surface area contributed by atoms with Crippen molar-refractivity contribution in [3.63, 3.8) is 0 Å². The number of fused-ring (bicyclic) bond motifs is 1. The van der Waals surface area contributed by atoms with E-state index in [0.29, 0.717) is 12.0 Å². The second-order valence-electron chi connectivity index (χ2n) is 8.96. The lowest BCUT2D eigenvalue weighted by Gasteiger charge is -2.27. The van der Waals surface area contributed by atoms with Crippen LogP contribution in [0.25, 0.3) is 22.2 Å². The first-order chi connectivity index (χ1) is 14.2. The normalized spacial score (nSPS) is 22.1. The van der Waals surface area contributed by atoms with Crippen molar-refractivity contribution in [1.29, 1.82) is 0 Å². The molecule has 2 saturated carbocycles. The van der Waals surface area contributed by atoms with E-state index in [2.05, 4.69) is 28.0 Å². The van der Waals surface area contributed by atoms with E-state index >= 15 is 0 Å². The van der Waals surface area contributed by atoms with Gasteiger partial charge < -0.3 is 9.88 Å². The Kier molecular flexibility index (Phi) is 4.98. The maximum atomic E-state index is 13.4. The molecule has 0 atom stereocenters. The molecule has 1 N–H and O–H groups in total. The van der Waals surface area contributed by atoms with Crippen molar-refractivity contribution in [2.24, 2.45) is 11.8 Å². The van der Waals surface area contributed by atoms with E-state index in [0.717, 1.165) is 40.5 Å². The zero-order chi connectivity index (χ0) is 19.8. The molecule has 0 aliphatic heterocycles. The van der Waals surface area contributed by atoms with Crippen molar-refractivity contribution in [2.75, 3.05) is 11.9 Å². The molecule has 0 radical (unpaired) electrons. The van der Waals surface area contributed by atoms with Gasteiger partial charge in [-0.15, -0.1) is 0 Å². The number of aromatic nitrogens is 3. The highest BCUT2D eigenvalue weighted by atomic mass is 19.1. The summed E-state index contributed by atoms with van der Waals surface area (Å²) in [6.07, 6.45) is 13.0. The zero-order valence-electron chi connectivity index (χ0n) is 17.1. The van der Waals surface area contributed by atoms with Gasteiger partial charge in [0.25, 0.3) is 0 Å². The third kappa shape index (κ3) is 4.00. The minimum Gasteiger partial charge on any atom is -0.354 e. The van der Waals surface area contributed by atoms with Gasteiger partial charge in [0.2, 0.25) is 5.95 Å². The van der Waals surface area contributed by atoms with Crippen LogP contribution >= 0.6 is 0 Å². The molecule has 0 unspecified atom stereocenters. The van der Waals surface area contributed by atoms with E-state index < -0.39 is 0 Å². The van der Waals surface area contributed by atoms with Gasteiger partial charge >= 0.3 is 0 Å². The van der Waals surface area contributed by atoms with Gasteiger partial charge in [-0.3, -0.25) is 0 Å². The summed E-state index contributed by atoms with van der Waals surface area (Å²) in [6.45, 7) is 3.28. The Hall–Kier alpha value is -2.43. The van der Waals surface area contributed by atoms with Gasteiger partial charge in [0.05, 0.1) is 0 Å². The van der Waals surface area contributed by atoms with Crippen molar-refractivity contribution < 1.29 is 4.39 Å². The third-order valence-electron chi connectivity index (χ3n) is 6.64. The van der Waals surface area contributed by atoms with E-state index in [9.17, 15) is 4.39 Å². The van der Waals surface area contributed by atoms with Crippen LogP contribution in [0, 0.1) is 17.7 Å². The maximum absolute atomic E-state index is 13.4. The average Bonchev–Trinajstić information content (AvgIpc) is 3.48. The summed E-state index contributed by atoms with van der Waals surface area (Å²) >= 11 is 0. The number of nitrogens with one attached hydrogen (secondary N) is 1. The molecule has 0 saturated heterocycles. The lowest BCUT2D eigenvalue weighted by Crippen LogP contribution is -2.16. The first-order valence-corrected chi connectivity index (χ1v) is 11.0. The fourth-order valence-corrected chi connectivity index (χ4v) is 4.57. The highest BCUT2D eigenvalue weighted by molar-refractivity contribution is 5.94. The average molecular weight is 393 g/mol. The number of anilines is 1. The van der Waals surface area contributed by atoms with Crippen LogP contribution in [0.1, 0.15) is 57.9 Å². The standard InChI is InChI=1S/C24H29FN4/c1-16-2-10-20(11-3-16)29-15-22(18-6-8-19(25)9-7-18)21-14-27-24(28-23(21)29)26-13-12-17-4-5-17/h6-9,14-17,20H,2-5,10-13H2,1H3,(H,26,27,28)/t16-,20-. The summed E-state index contributed by atoms with van der Waals surface area (Å²) in [5.41, 5.74) is 3.09. The summed E-state index contributed by atoms with van der Waals surface area (Å²) < 4.78 is 15.8. The number of rotatable bonds is 6. The molecule has 0 amide bonds. The Balaban J connectivity index is 1.51. The molecule has 5 rings (SSSR count). The van der Waals surface area contributed by atoms with Gasteiger partial charge in [0, 0.05) is 35.9 Å². The molecule has 1 aromatic carbocycles. The Morgan fingerprint density at radius 3 is 2.55 bits per heavy atom. The fraction of sp³-hybridized carbons (Fsp3) is 0.500. The molecule has 3 aromatic rings. The van der Waals surface area contributed by atoms with Crippen molar-refractivity contribution in [3.8, 4) is 11.1 Å². The van der Waals surface area contributed by atoms with Crippen LogP contribution in [0.2, 0.25) is 0 Å². The summed E-state index contributed by atoms with van der Waals surface area (Å²) in [5, 5.41) is 4.46. The molecule has 152 valence electrons. The molecule has 29 heavy (non-hydrogen) atoms. The second kappa shape index (κ2) is 7.77. The summed E-state index contributed by atoms with van der Waals surface area (Å²) in [5.74, 6) is 2.20. The first-order valence-electron chi connectivity index (χ1n) is 11.0. The predicted octanol–water partition coefficient (Wildman–Crippen LogP) is 6.20. The monoisotopic (exact) mass is 392 g/mol. The maximum Gasteiger partial charge on any atom is 0.224 e. The van der Waals surface area contributed by atoms with Crippen molar-refractivity contribution in [1.82, 2.24) is 14.5 Å². The Labute approximate surface area is 171 Å². The lowest BCUT2D eigenvalue weighted by atomic mass is 9.87. The van der Waals surface area contributed by atoms with Crippen LogP contribution in [0.4, 0.5) is 10.3 Å². The largest absolute Gasteiger partial charge is 0.354 e. The highest BCUT2D eigenvalue weighted by Gasteiger charge is 2.24. The predicted molar refractivity (Wildman–Crippen MR) is 115 cm³/mol. The van der Waals surface area contributed by atoms with E-state index in [1.54, 1.807) is 0 Å². The van der Waals surface area contributed by atoms with E-state index in [-0.39, 0.29) is 5.82 Å². The Bertz CT molecular complexity index is 982. The minimum absolute atomic E-state index is 0.211. The molecule has 2 aliphatic rings. The van der Waals surface area contributed by atoms with Crippen molar-refractivity contribution >= 4 is 17.0 Å². The highest BCUT2D eigenvalue weighted by Crippen LogP contribution is 2.38. The third-order valence-corrected chi connectivity index (χ3v) is 6.64. The van der Waals surface area contributed by atoms with Gasteiger partial charge in [0.15, 0.2) is 0 Å². The molecule has 2 fully saturated rings. The Morgan fingerprint density at radius 2 is 1.83 bits per heavy atom. The zero-order valence-corrected chi connectivity index (χ0v) is 17.1. The van der Waals surface area contributed by atoms with Crippen LogP contribution in [0.5, 0.6) is 0 Å². The fourth-order valence-electron chi connectivity index (χ4n) is 4.57. The number of benzene rings is 1. The van der Waals surface area contributed by atoms with Gasteiger partial charge in [-0.25, -0.2) is 9.37 Å². The van der Waals surface area contributed by atoms with Gasteiger partial charge in [-0.1, -0.05) is 31.9 Å². The molecule has 2 aliphatic carbocycles. The van der Waals surface area contributed by atoms with Crippen LogP contribution < -0.4 is 5.32 Å². The van der Waals surface area contributed by atoms with Crippen LogP contribution in [-0.2, 0) is 0 Å². The molecule has 0 spiro atoms. The Morgan fingerprint density at radius 1 is 1.07 bits per heavy atom. The molecular weight excluding hydrogens is 363 g/mol. The lowest BCUT2D eigenvalue weighted by molar-refractivity contribution is 0.294. The molecule has 2 heterocycles. The van der Waals surface area contributed by atoms with Crippen LogP contribution in [0.3, 0.4) is 0 Å². The summed E-state index contributed by atoms with van der Waals surface area (Å²) in [4.78, 5) is 9.51. The quantitative estimate of drug-likeness (QED) is 0.543. The number of hydrogen-bond donors (Lipinski definition) is 1. The minimum atomic E-state index is -0.211. The topological polar surface area (TPSA) is 42.7 Å². The molecule has 5 heteroatoms. The summed E-state index contributed by atoms with van der Waals surface area (Å²) in [7, 11) is 0. The molecule has 4 nitrogen and oxygen atoms in total. The van der Waals surface area contributed by atoms with Crippen LogP contribution in [0.15, 0.2) is 36.7 Å². The number of halogens is 1. The second-order valence-corrected chi connectivity index (χ2v) is 8.96. The van der Waals surface area contributed by atoms with Gasteiger partial charge in [-0.05, 0) is 61.6 Å². The van der Waals surface area contributed by atoms with Crippen molar-refractivity contribution in [2.45, 2.75) is 57.9 Å². The van der Waals surface area contributed by atoms with E-state index in [4.69, 9.17) is 4.98 Å². The summed E-state index contributed by atoms with van der Waals surface area (Å²) in [6, 6.07) is 7.21.